The molecule has 0 bridgehead atoms. The number of nitrogens with zero attached hydrogens (tertiary/aromatic N) is 1. The Morgan fingerprint density at radius 1 is 1.67 bits per heavy atom. The lowest BCUT2D eigenvalue weighted by molar-refractivity contribution is -0.162. The van der Waals surface area contributed by atoms with Crippen molar-refractivity contribution in [3.63, 3.8) is 0 Å². The van der Waals surface area contributed by atoms with Gasteiger partial charge in [0.1, 0.15) is 0 Å². The highest BCUT2D eigenvalue weighted by atomic mass is 35.5. The Balaban J connectivity index is 2.36. The Morgan fingerprint density at radius 3 is 2.67 bits per heavy atom. The van der Waals surface area contributed by atoms with E-state index in [0.717, 1.165) is 0 Å². The fraction of sp³-hybridized carbons (Fsp3) is 0.750. The monoisotopic (exact) mass is 269 g/mol. The largest absolute Gasteiger partial charge is 0.480 e. The highest BCUT2D eigenvalue weighted by molar-refractivity contribution is 8.02. The van der Waals surface area contributed by atoms with Gasteiger partial charge in [-0.25, -0.2) is 4.79 Å². The molecule has 0 aliphatic carbocycles. The van der Waals surface area contributed by atoms with Crippen LogP contribution >= 0.6 is 35.0 Å². The number of carboxylic acids is 1. The SMILES string of the molecule is CC1(Cl)CS[C@]2(Cl)CC(=O)N2C1C(=O)O. The van der Waals surface area contributed by atoms with Crippen LogP contribution in [0.4, 0.5) is 0 Å². The van der Waals surface area contributed by atoms with Crippen molar-refractivity contribution in [2.75, 3.05) is 5.75 Å². The van der Waals surface area contributed by atoms with E-state index in [1.54, 1.807) is 6.92 Å². The summed E-state index contributed by atoms with van der Waals surface area (Å²) in [7, 11) is 0. The molecule has 0 aromatic carbocycles. The van der Waals surface area contributed by atoms with Crippen molar-refractivity contribution in [1.29, 1.82) is 0 Å². The number of thioether (sulfide) groups is 1. The summed E-state index contributed by atoms with van der Waals surface area (Å²) in [6.45, 7) is 1.61. The summed E-state index contributed by atoms with van der Waals surface area (Å²) < 4.78 is -0.894. The van der Waals surface area contributed by atoms with Crippen molar-refractivity contribution in [3.05, 3.63) is 0 Å². The summed E-state index contributed by atoms with van der Waals surface area (Å²) in [5.41, 5.74) is 0. The first-order valence-corrected chi connectivity index (χ1v) is 6.09. The molecule has 3 atom stereocenters. The number of carbonyl (C=O) groups excluding carboxylic acids is 1. The summed E-state index contributed by atoms with van der Waals surface area (Å²) in [6.07, 6.45) is 0.177. The van der Waals surface area contributed by atoms with Gasteiger partial charge in [-0.1, -0.05) is 11.6 Å². The van der Waals surface area contributed by atoms with Gasteiger partial charge in [0.2, 0.25) is 5.91 Å². The Labute approximate surface area is 101 Å². The average molecular weight is 270 g/mol. The van der Waals surface area contributed by atoms with Gasteiger partial charge in [0, 0.05) is 5.75 Å². The predicted molar refractivity (Wildman–Crippen MR) is 58.2 cm³/mol. The van der Waals surface area contributed by atoms with Gasteiger partial charge in [0.25, 0.3) is 0 Å². The lowest BCUT2D eigenvalue weighted by atomic mass is 9.96. The van der Waals surface area contributed by atoms with Gasteiger partial charge in [0.05, 0.1) is 11.3 Å². The van der Waals surface area contributed by atoms with Crippen LogP contribution in [0.15, 0.2) is 0 Å². The maximum absolute atomic E-state index is 11.4. The third-order valence-corrected chi connectivity index (χ3v) is 5.30. The molecule has 0 radical (unpaired) electrons. The number of alkyl halides is 2. The number of halogens is 2. The molecule has 4 nitrogen and oxygen atoms in total. The van der Waals surface area contributed by atoms with E-state index in [1.165, 1.54) is 16.7 Å². The average Bonchev–Trinajstić information content (AvgIpc) is 2.08. The number of rotatable bonds is 1. The molecule has 2 unspecified atom stereocenters. The van der Waals surface area contributed by atoms with Crippen molar-refractivity contribution in [2.45, 2.75) is 28.6 Å². The summed E-state index contributed by atoms with van der Waals surface area (Å²) in [6, 6.07) is -1.04. The topological polar surface area (TPSA) is 57.6 Å². The second-order valence-electron chi connectivity index (χ2n) is 3.94. The van der Waals surface area contributed by atoms with Crippen molar-refractivity contribution < 1.29 is 14.7 Å². The Bertz CT molecular complexity index is 349. The molecule has 2 rings (SSSR count). The van der Waals surface area contributed by atoms with E-state index in [1.807, 2.05) is 0 Å². The third-order valence-electron chi connectivity index (χ3n) is 2.64. The van der Waals surface area contributed by atoms with Crippen LogP contribution in [0.3, 0.4) is 0 Å². The van der Waals surface area contributed by atoms with E-state index in [9.17, 15) is 9.59 Å². The number of carbonyl (C=O) groups is 2. The number of hydrogen-bond acceptors (Lipinski definition) is 3. The fourth-order valence-corrected chi connectivity index (χ4v) is 3.93. The second-order valence-corrected chi connectivity index (χ2v) is 6.90. The Morgan fingerprint density at radius 2 is 2.27 bits per heavy atom. The number of β-lactam (4-membered cyclic amide) rings is 1. The zero-order valence-corrected chi connectivity index (χ0v) is 10.2. The van der Waals surface area contributed by atoms with E-state index in [0.29, 0.717) is 5.75 Å². The molecule has 1 N–H and O–H groups in total. The number of carboxylic acid groups (broad SMARTS) is 1. The molecule has 2 heterocycles. The number of amides is 1. The van der Waals surface area contributed by atoms with Gasteiger partial charge in [0.15, 0.2) is 10.4 Å². The zero-order valence-electron chi connectivity index (χ0n) is 7.87. The van der Waals surface area contributed by atoms with Crippen LogP contribution in [0, 0.1) is 0 Å². The quantitative estimate of drug-likeness (QED) is 0.443. The Hall–Kier alpha value is -0.130. The van der Waals surface area contributed by atoms with Gasteiger partial charge in [-0.05, 0) is 6.92 Å². The standard InChI is InChI=1S/C8H9Cl2NO3S/c1-7(9)3-15-8(10)2-4(12)11(8)5(7)6(13)14/h5H,2-3H2,1H3,(H,13,14)/t5?,7?,8-/m0/s1. The summed E-state index contributed by atoms with van der Waals surface area (Å²) >= 11 is 13.5. The number of aliphatic carboxylic acids is 1. The fourth-order valence-electron chi connectivity index (χ4n) is 1.88. The minimum atomic E-state index is -1.11. The maximum Gasteiger partial charge on any atom is 0.328 e. The molecule has 0 saturated carbocycles. The molecule has 2 saturated heterocycles. The van der Waals surface area contributed by atoms with Crippen LogP contribution in [-0.4, -0.2) is 42.9 Å². The summed E-state index contributed by atoms with van der Waals surface area (Å²) in [5.74, 6) is -0.943. The lowest BCUT2D eigenvalue weighted by Gasteiger charge is -2.56. The molecule has 15 heavy (non-hydrogen) atoms. The van der Waals surface area contributed by atoms with Gasteiger partial charge in [-0.2, -0.15) is 0 Å². The third kappa shape index (κ3) is 1.52. The molecule has 2 aliphatic heterocycles. The molecular weight excluding hydrogens is 261 g/mol. The minimum absolute atomic E-state index is 0.177. The van der Waals surface area contributed by atoms with Crippen LogP contribution in [0.5, 0.6) is 0 Å². The van der Waals surface area contributed by atoms with Crippen LogP contribution in [-0.2, 0) is 9.59 Å². The van der Waals surface area contributed by atoms with E-state index >= 15 is 0 Å². The van der Waals surface area contributed by atoms with E-state index in [4.69, 9.17) is 28.3 Å². The summed E-state index contributed by atoms with van der Waals surface area (Å²) in [5, 5.41) is 9.08. The van der Waals surface area contributed by atoms with Gasteiger partial charge >= 0.3 is 5.97 Å². The smallest absolute Gasteiger partial charge is 0.328 e. The van der Waals surface area contributed by atoms with E-state index in [-0.39, 0.29) is 12.3 Å². The van der Waals surface area contributed by atoms with Gasteiger partial charge in [-0.3, -0.25) is 9.69 Å². The van der Waals surface area contributed by atoms with E-state index < -0.39 is 21.2 Å². The van der Waals surface area contributed by atoms with Crippen molar-refractivity contribution >= 4 is 46.8 Å². The van der Waals surface area contributed by atoms with Crippen LogP contribution < -0.4 is 0 Å². The van der Waals surface area contributed by atoms with Crippen molar-refractivity contribution in [2.24, 2.45) is 0 Å². The Kier molecular flexibility index (Phi) is 2.41. The zero-order chi connectivity index (χ0) is 11.4. The highest BCUT2D eigenvalue weighted by Gasteiger charge is 2.63. The van der Waals surface area contributed by atoms with Gasteiger partial charge < -0.3 is 5.11 Å². The first kappa shape index (κ1) is 11.4. The predicted octanol–water partition coefficient (Wildman–Crippen LogP) is 1.31. The molecule has 2 aliphatic rings. The highest BCUT2D eigenvalue weighted by Crippen LogP contribution is 2.54. The van der Waals surface area contributed by atoms with Crippen molar-refractivity contribution in [1.82, 2.24) is 4.90 Å². The minimum Gasteiger partial charge on any atom is -0.480 e. The summed E-state index contributed by atoms with van der Waals surface area (Å²) in [4.78, 5) is 22.7. The molecular formula is C8H9Cl2NO3S. The molecule has 2 fully saturated rings. The van der Waals surface area contributed by atoms with Crippen LogP contribution in [0.25, 0.3) is 0 Å². The first-order chi connectivity index (χ1) is 6.78. The second kappa shape index (κ2) is 3.18. The molecule has 1 amide bonds. The normalized spacial score (nSPS) is 44.6. The molecule has 84 valence electrons. The molecule has 0 aromatic heterocycles. The van der Waals surface area contributed by atoms with Crippen LogP contribution in [0.1, 0.15) is 13.3 Å². The molecule has 7 heteroatoms. The van der Waals surface area contributed by atoms with E-state index in [2.05, 4.69) is 0 Å². The number of fused-ring (bicyclic) bond motifs is 1. The van der Waals surface area contributed by atoms with Crippen molar-refractivity contribution in [3.8, 4) is 0 Å². The lowest BCUT2D eigenvalue weighted by Crippen LogP contribution is -2.72. The van der Waals surface area contributed by atoms with Crippen LogP contribution in [0.2, 0.25) is 0 Å². The van der Waals surface area contributed by atoms with Gasteiger partial charge in [-0.15, -0.1) is 23.4 Å². The molecule has 0 spiro atoms. The number of hydrogen-bond donors (Lipinski definition) is 1. The maximum atomic E-state index is 11.4. The molecule has 0 aromatic rings. The first-order valence-electron chi connectivity index (χ1n) is 4.35.